The number of nitrogens with zero attached hydrogens (tertiary/aromatic N) is 1. The van der Waals surface area contributed by atoms with Crippen LogP contribution in [-0.4, -0.2) is 24.5 Å². The van der Waals surface area contributed by atoms with E-state index in [9.17, 15) is 0 Å². The zero-order chi connectivity index (χ0) is 15.5. The molecule has 1 heterocycles. The average molecular weight is 309 g/mol. The molecule has 1 fully saturated rings. The Morgan fingerprint density at radius 3 is 2.33 bits per heavy atom. The second-order valence-electron chi connectivity index (χ2n) is 6.50. The average Bonchev–Trinajstić information content (AvgIpc) is 2.52. The Bertz CT molecular complexity index is 458. The Balaban J connectivity index is 2.11. The third-order valence-corrected chi connectivity index (χ3v) is 6.01. The standard InChI is InChI=1S/C18H29ClN2/c1-4-18(5-2)8-10-21(11-9-18)17(13-20)15-7-6-14(3)16(19)12-15/h6-7,12,17H,4-5,8-11,13,20H2,1-3H3. The molecule has 2 rings (SSSR count). The third-order valence-electron chi connectivity index (χ3n) is 5.60. The topological polar surface area (TPSA) is 29.3 Å². The lowest BCUT2D eigenvalue weighted by atomic mass is 9.74. The van der Waals surface area contributed by atoms with Crippen molar-refractivity contribution in [3.05, 3.63) is 34.3 Å². The van der Waals surface area contributed by atoms with Crippen molar-refractivity contribution < 1.29 is 0 Å². The number of aryl methyl sites for hydroxylation is 1. The van der Waals surface area contributed by atoms with Crippen LogP contribution >= 0.6 is 11.6 Å². The molecule has 0 aromatic heterocycles. The molecule has 1 aromatic carbocycles. The Kier molecular flexibility index (Phi) is 5.70. The summed E-state index contributed by atoms with van der Waals surface area (Å²) in [6, 6.07) is 6.68. The fourth-order valence-electron chi connectivity index (χ4n) is 3.58. The van der Waals surface area contributed by atoms with Crippen LogP contribution < -0.4 is 5.73 Å². The fraction of sp³-hybridized carbons (Fsp3) is 0.667. The molecule has 3 heteroatoms. The van der Waals surface area contributed by atoms with E-state index in [4.69, 9.17) is 17.3 Å². The first kappa shape index (κ1) is 16.8. The molecule has 0 aliphatic carbocycles. The van der Waals surface area contributed by atoms with E-state index in [1.165, 1.54) is 31.2 Å². The van der Waals surface area contributed by atoms with Gasteiger partial charge in [0.05, 0.1) is 0 Å². The van der Waals surface area contributed by atoms with Gasteiger partial charge in [0.1, 0.15) is 0 Å². The van der Waals surface area contributed by atoms with E-state index in [1.807, 2.05) is 6.92 Å². The first-order chi connectivity index (χ1) is 10.0. The van der Waals surface area contributed by atoms with Gasteiger partial charge in [-0.25, -0.2) is 0 Å². The van der Waals surface area contributed by atoms with Crippen LogP contribution in [0, 0.1) is 12.3 Å². The molecule has 1 atom stereocenters. The summed E-state index contributed by atoms with van der Waals surface area (Å²) < 4.78 is 0. The quantitative estimate of drug-likeness (QED) is 0.864. The lowest BCUT2D eigenvalue weighted by molar-refractivity contribution is 0.0680. The molecule has 1 saturated heterocycles. The summed E-state index contributed by atoms with van der Waals surface area (Å²) in [4.78, 5) is 2.55. The van der Waals surface area contributed by atoms with Gasteiger partial charge < -0.3 is 5.73 Å². The minimum atomic E-state index is 0.301. The maximum Gasteiger partial charge on any atom is 0.0470 e. The highest BCUT2D eigenvalue weighted by atomic mass is 35.5. The van der Waals surface area contributed by atoms with Gasteiger partial charge in [0.2, 0.25) is 0 Å². The van der Waals surface area contributed by atoms with Crippen molar-refractivity contribution in [2.24, 2.45) is 11.1 Å². The van der Waals surface area contributed by atoms with Crippen molar-refractivity contribution in [2.45, 2.75) is 52.5 Å². The Labute approximate surface area is 134 Å². The van der Waals surface area contributed by atoms with Crippen LogP contribution in [0.4, 0.5) is 0 Å². The zero-order valence-electron chi connectivity index (χ0n) is 13.7. The molecular formula is C18H29ClN2. The molecule has 1 aliphatic heterocycles. The van der Waals surface area contributed by atoms with Crippen molar-refractivity contribution >= 4 is 11.6 Å². The number of benzene rings is 1. The predicted octanol–water partition coefficient (Wildman–Crippen LogP) is 4.55. The molecule has 1 aromatic rings. The van der Waals surface area contributed by atoms with Gasteiger partial charge in [-0.1, -0.05) is 50.4 Å². The maximum absolute atomic E-state index is 6.28. The highest BCUT2D eigenvalue weighted by molar-refractivity contribution is 6.31. The van der Waals surface area contributed by atoms with Gasteiger partial charge in [-0.15, -0.1) is 0 Å². The maximum atomic E-state index is 6.28. The van der Waals surface area contributed by atoms with Gasteiger partial charge in [0.25, 0.3) is 0 Å². The van der Waals surface area contributed by atoms with Crippen molar-refractivity contribution in [3.63, 3.8) is 0 Å². The van der Waals surface area contributed by atoms with E-state index >= 15 is 0 Å². The van der Waals surface area contributed by atoms with E-state index < -0.39 is 0 Å². The molecule has 0 bridgehead atoms. The highest BCUT2D eigenvalue weighted by Gasteiger charge is 2.33. The van der Waals surface area contributed by atoms with Gasteiger partial charge >= 0.3 is 0 Å². The predicted molar refractivity (Wildman–Crippen MR) is 91.8 cm³/mol. The van der Waals surface area contributed by atoms with Crippen LogP contribution in [0.3, 0.4) is 0 Å². The molecule has 1 aliphatic rings. The summed E-state index contributed by atoms with van der Waals surface area (Å²) in [6.07, 6.45) is 5.16. The molecule has 2 N–H and O–H groups in total. The minimum absolute atomic E-state index is 0.301. The lowest BCUT2D eigenvalue weighted by Gasteiger charge is -2.44. The van der Waals surface area contributed by atoms with Crippen molar-refractivity contribution in [2.75, 3.05) is 19.6 Å². The Morgan fingerprint density at radius 2 is 1.86 bits per heavy atom. The summed E-state index contributed by atoms with van der Waals surface area (Å²) in [5.74, 6) is 0. The molecule has 21 heavy (non-hydrogen) atoms. The number of hydrogen-bond acceptors (Lipinski definition) is 2. The van der Waals surface area contributed by atoms with Gasteiger partial charge in [-0.05, 0) is 55.5 Å². The molecular weight excluding hydrogens is 280 g/mol. The summed E-state index contributed by atoms with van der Waals surface area (Å²) in [5, 5.41) is 0.847. The molecule has 1 unspecified atom stereocenters. The van der Waals surface area contributed by atoms with E-state index in [0.29, 0.717) is 18.0 Å². The number of halogens is 1. The van der Waals surface area contributed by atoms with Crippen molar-refractivity contribution in [3.8, 4) is 0 Å². The normalized spacial score (nSPS) is 20.4. The molecule has 0 amide bonds. The van der Waals surface area contributed by atoms with Crippen LogP contribution in [0.25, 0.3) is 0 Å². The number of piperidine rings is 1. The van der Waals surface area contributed by atoms with Gasteiger partial charge in [0.15, 0.2) is 0 Å². The third kappa shape index (κ3) is 3.61. The van der Waals surface area contributed by atoms with Crippen LogP contribution in [0.1, 0.15) is 56.7 Å². The molecule has 118 valence electrons. The molecule has 0 saturated carbocycles. The van der Waals surface area contributed by atoms with Crippen LogP contribution in [0.2, 0.25) is 5.02 Å². The largest absolute Gasteiger partial charge is 0.329 e. The molecule has 0 spiro atoms. The lowest BCUT2D eigenvalue weighted by Crippen LogP contribution is -2.43. The van der Waals surface area contributed by atoms with E-state index in [-0.39, 0.29) is 0 Å². The highest BCUT2D eigenvalue weighted by Crippen LogP contribution is 2.40. The first-order valence-corrected chi connectivity index (χ1v) is 8.63. The van der Waals surface area contributed by atoms with Crippen LogP contribution in [0.15, 0.2) is 18.2 Å². The molecule has 0 radical (unpaired) electrons. The van der Waals surface area contributed by atoms with Crippen molar-refractivity contribution in [1.82, 2.24) is 4.90 Å². The number of hydrogen-bond donors (Lipinski definition) is 1. The number of likely N-dealkylation sites (tertiary alicyclic amines) is 1. The molecule has 2 nitrogen and oxygen atoms in total. The first-order valence-electron chi connectivity index (χ1n) is 8.25. The monoisotopic (exact) mass is 308 g/mol. The SMILES string of the molecule is CCC1(CC)CCN(C(CN)c2ccc(C)c(Cl)c2)CC1. The van der Waals surface area contributed by atoms with Crippen molar-refractivity contribution in [1.29, 1.82) is 0 Å². The van der Waals surface area contributed by atoms with Crippen LogP contribution in [-0.2, 0) is 0 Å². The van der Waals surface area contributed by atoms with Gasteiger partial charge in [0, 0.05) is 17.6 Å². The number of nitrogens with two attached hydrogens (primary N) is 1. The van der Waals surface area contributed by atoms with E-state index in [0.717, 1.165) is 23.7 Å². The minimum Gasteiger partial charge on any atom is -0.329 e. The number of rotatable bonds is 5. The van der Waals surface area contributed by atoms with E-state index in [1.54, 1.807) is 0 Å². The van der Waals surface area contributed by atoms with Crippen LogP contribution in [0.5, 0.6) is 0 Å². The second kappa shape index (κ2) is 7.13. The Hall–Kier alpha value is -0.570. The fourth-order valence-corrected chi connectivity index (χ4v) is 3.77. The summed E-state index contributed by atoms with van der Waals surface area (Å²) in [6.45, 7) is 9.66. The van der Waals surface area contributed by atoms with Gasteiger partial charge in [-0.3, -0.25) is 4.90 Å². The Morgan fingerprint density at radius 1 is 1.24 bits per heavy atom. The summed E-state index contributed by atoms with van der Waals surface area (Å²) in [7, 11) is 0. The smallest absolute Gasteiger partial charge is 0.0470 e. The van der Waals surface area contributed by atoms with Gasteiger partial charge in [-0.2, -0.15) is 0 Å². The summed E-state index contributed by atoms with van der Waals surface area (Å²) >= 11 is 6.28. The summed E-state index contributed by atoms with van der Waals surface area (Å²) in [5.41, 5.74) is 9.02. The van der Waals surface area contributed by atoms with E-state index in [2.05, 4.69) is 36.9 Å². The second-order valence-corrected chi connectivity index (χ2v) is 6.91. The zero-order valence-corrected chi connectivity index (χ0v) is 14.4.